The van der Waals surface area contributed by atoms with Crippen LogP contribution in [0.1, 0.15) is 83.1 Å². The van der Waals surface area contributed by atoms with Crippen molar-refractivity contribution in [3.8, 4) is 0 Å². The molecular formula is C17H39Al2O3P. The van der Waals surface area contributed by atoms with Crippen LogP contribution in [-0.2, 0) is 4.57 Å². The molecule has 0 aliphatic carbocycles. The molecular weight excluding hydrogens is 337 g/mol. The Labute approximate surface area is 159 Å². The van der Waals surface area contributed by atoms with Crippen molar-refractivity contribution in [1.29, 1.82) is 0 Å². The van der Waals surface area contributed by atoms with Crippen molar-refractivity contribution in [2.45, 2.75) is 100 Å². The summed E-state index contributed by atoms with van der Waals surface area (Å²) in [6.07, 6.45) is 0. The van der Waals surface area contributed by atoms with Gasteiger partial charge < -0.3 is 14.4 Å². The first-order valence-electron chi connectivity index (χ1n) is 8.15. The van der Waals surface area contributed by atoms with Gasteiger partial charge in [0, 0.05) is 0 Å². The van der Waals surface area contributed by atoms with E-state index in [1.165, 1.54) is 0 Å². The summed E-state index contributed by atoms with van der Waals surface area (Å²) in [7, 11) is -4.14. The third-order valence-electron chi connectivity index (χ3n) is 1.73. The zero-order valence-corrected chi connectivity index (χ0v) is 21.0. The van der Waals surface area contributed by atoms with E-state index in [1.54, 1.807) is 0 Å². The van der Waals surface area contributed by atoms with E-state index in [0.717, 1.165) is 0 Å². The molecule has 0 fully saturated rings. The number of hydrogen-bond donors (Lipinski definition) is 0. The molecule has 0 N–H and O–H groups in total. The predicted molar refractivity (Wildman–Crippen MR) is 104 cm³/mol. The van der Waals surface area contributed by atoms with Crippen molar-refractivity contribution in [3.05, 3.63) is 0 Å². The van der Waals surface area contributed by atoms with Crippen molar-refractivity contribution in [1.82, 2.24) is 0 Å². The molecule has 0 bridgehead atoms. The quantitative estimate of drug-likeness (QED) is 0.451. The second-order valence-corrected chi connectivity index (χ2v) is 19.6. The van der Waals surface area contributed by atoms with Crippen LogP contribution >= 0.6 is 7.60 Å². The molecule has 0 rings (SSSR count). The first-order chi connectivity index (χ1) is 9.41. The molecule has 0 aromatic heterocycles. The van der Waals surface area contributed by atoms with Gasteiger partial charge in [-0.2, -0.15) is 0 Å². The van der Waals surface area contributed by atoms with Gasteiger partial charge in [0.25, 0.3) is 0 Å². The van der Waals surface area contributed by atoms with E-state index >= 15 is 0 Å². The van der Waals surface area contributed by atoms with Crippen LogP contribution in [0.3, 0.4) is 0 Å². The standard InChI is InChI=1S/4C4H9.CH5O3P.2Al/c4*1-4(2)3;1-5(2,3)4;;/h4*1-3H3;1H3,(H2,2,3,4);;/q;;;;;2*+1/p-2. The van der Waals surface area contributed by atoms with Crippen LogP contribution < -0.4 is 9.79 Å². The van der Waals surface area contributed by atoms with Crippen molar-refractivity contribution < 1.29 is 14.4 Å². The maximum atomic E-state index is 9.10. The third-order valence-corrected chi connectivity index (χ3v) is 5.20. The molecule has 0 aromatic carbocycles. The first-order valence-corrected chi connectivity index (χ1v) is 12.4. The van der Waals surface area contributed by atoms with Gasteiger partial charge in [0.2, 0.25) is 0 Å². The minimum atomic E-state index is -4.14. The molecule has 0 atom stereocenters. The van der Waals surface area contributed by atoms with Crippen molar-refractivity contribution >= 4 is 38.0 Å². The van der Waals surface area contributed by atoms with E-state index in [0.29, 0.717) is 54.2 Å². The van der Waals surface area contributed by atoms with Gasteiger partial charge in [-0.25, -0.2) is 0 Å². The van der Waals surface area contributed by atoms with Crippen LogP contribution in [0.25, 0.3) is 0 Å². The molecule has 0 aliphatic heterocycles. The van der Waals surface area contributed by atoms with E-state index < -0.39 is 7.60 Å². The van der Waals surface area contributed by atoms with E-state index in [2.05, 4.69) is 83.1 Å². The van der Waals surface area contributed by atoms with Crippen LogP contribution in [0.15, 0.2) is 0 Å². The molecule has 0 spiro atoms. The monoisotopic (exact) mass is 376 g/mol. The minimum absolute atomic E-state index is 0.568. The average molecular weight is 376 g/mol. The molecule has 136 valence electrons. The topological polar surface area (TPSA) is 63.2 Å². The third kappa shape index (κ3) is 59.8. The zero-order valence-electron chi connectivity index (χ0n) is 17.8. The normalized spacial score (nSPS) is 12.8. The molecule has 3 nitrogen and oxygen atoms in total. The molecule has 0 aromatic rings. The summed E-state index contributed by atoms with van der Waals surface area (Å²) in [4.78, 5) is 18.2. The summed E-state index contributed by atoms with van der Waals surface area (Å²) in [6.45, 7) is 28.6. The number of hydrogen-bond acceptors (Lipinski definition) is 3. The number of rotatable bonds is 0. The second kappa shape index (κ2) is 10.4. The Balaban J connectivity index is -0.000000273. The van der Waals surface area contributed by atoms with Gasteiger partial charge in [0.15, 0.2) is 0 Å². The van der Waals surface area contributed by atoms with Gasteiger partial charge in [0.05, 0.1) is 0 Å². The maximum absolute atomic E-state index is 9.10. The molecule has 0 aliphatic rings. The van der Waals surface area contributed by atoms with Gasteiger partial charge >= 0.3 is 131 Å². The summed E-state index contributed by atoms with van der Waals surface area (Å²) >= 11 is 1.14. The van der Waals surface area contributed by atoms with E-state index in [4.69, 9.17) is 14.4 Å². The second-order valence-electron chi connectivity index (χ2n) is 10.5. The molecule has 0 heterocycles. The predicted octanol–water partition coefficient (Wildman–Crippen LogP) is 4.78. The molecule has 0 radical (unpaired) electrons. The summed E-state index contributed by atoms with van der Waals surface area (Å²) in [5.41, 5.74) is 0. The van der Waals surface area contributed by atoms with Gasteiger partial charge in [-0.15, -0.1) is 0 Å². The summed E-state index contributed by atoms with van der Waals surface area (Å²) in [5.74, 6) is 0. The Morgan fingerprint density at radius 3 is 0.652 bits per heavy atom. The Kier molecular flexibility index (Phi) is 13.1. The molecule has 6 heteroatoms. The van der Waals surface area contributed by atoms with Crippen molar-refractivity contribution in [2.75, 3.05) is 6.66 Å². The molecule has 0 saturated carbocycles. The molecule has 0 unspecified atom stereocenters. The fraction of sp³-hybridized carbons (Fsp3) is 1.00. The first kappa shape index (κ1) is 29.0. The Hall–Kier alpha value is 1.21. The van der Waals surface area contributed by atoms with Gasteiger partial charge in [-0.1, -0.05) is 7.60 Å². The fourth-order valence-electron chi connectivity index (χ4n) is 2.60. The fourth-order valence-corrected chi connectivity index (χ4v) is 7.79. The van der Waals surface area contributed by atoms with E-state index in [1.807, 2.05) is 0 Å². The summed E-state index contributed by atoms with van der Waals surface area (Å²) in [5, 5.41) is 0. The molecule has 23 heavy (non-hydrogen) atoms. The Morgan fingerprint density at radius 1 is 0.565 bits per heavy atom. The summed E-state index contributed by atoms with van der Waals surface area (Å²) in [6, 6.07) is 0. The van der Waals surface area contributed by atoms with Crippen molar-refractivity contribution in [3.63, 3.8) is 0 Å². The van der Waals surface area contributed by atoms with Crippen LogP contribution in [-0.4, -0.2) is 37.1 Å². The van der Waals surface area contributed by atoms with Crippen LogP contribution in [0.4, 0.5) is 0 Å². The van der Waals surface area contributed by atoms with E-state index in [9.17, 15) is 0 Å². The zero-order chi connectivity index (χ0) is 19.9. The van der Waals surface area contributed by atoms with E-state index in [-0.39, 0.29) is 0 Å². The van der Waals surface area contributed by atoms with Crippen LogP contribution in [0, 0.1) is 0 Å². The molecule has 0 amide bonds. The van der Waals surface area contributed by atoms with Gasteiger partial charge in [-0.3, -0.25) is 0 Å². The van der Waals surface area contributed by atoms with Gasteiger partial charge in [-0.05, 0) is 6.66 Å². The van der Waals surface area contributed by atoms with Gasteiger partial charge in [0.1, 0.15) is 0 Å². The summed E-state index contributed by atoms with van der Waals surface area (Å²) < 4.78 is 11.4. The van der Waals surface area contributed by atoms with Crippen molar-refractivity contribution in [2.24, 2.45) is 0 Å². The Bertz CT molecular complexity index is 292. The Morgan fingerprint density at radius 2 is 0.652 bits per heavy atom. The molecule has 0 saturated heterocycles. The van der Waals surface area contributed by atoms with Crippen LogP contribution in [0.5, 0.6) is 0 Å². The average Bonchev–Trinajstić information content (AvgIpc) is 1.81. The SMILES string of the molecule is CP(=O)([O-])[O-].C[C](C)(C)[Al+][C](C)(C)C.C[C](C)(C)[Al+][C](C)(C)C. The van der Waals surface area contributed by atoms with Crippen LogP contribution in [0.2, 0.25) is 17.1 Å².